The SMILES string of the molecule is Cc1ccc2c(C)c3c(c(O)c2c1O)C(=O)C1(O)C(=O)C(C(N)=O)C(=O)C(N(C)C)C1C3. The minimum absolute atomic E-state index is 0.0339. The lowest BCUT2D eigenvalue weighted by Gasteiger charge is -2.48. The van der Waals surface area contributed by atoms with Gasteiger partial charge >= 0.3 is 0 Å². The molecule has 2 aliphatic rings. The second-order valence-electron chi connectivity index (χ2n) is 8.90. The van der Waals surface area contributed by atoms with Crippen LogP contribution < -0.4 is 5.73 Å². The lowest BCUT2D eigenvalue weighted by molar-refractivity contribution is -0.162. The zero-order chi connectivity index (χ0) is 23.9. The van der Waals surface area contributed by atoms with Crippen molar-refractivity contribution in [3.05, 3.63) is 34.4 Å². The van der Waals surface area contributed by atoms with Crippen molar-refractivity contribution in [3.8, 4) is 11.5 Å². The molecule has 32 heavy (non-hydrogen) atoms. The van der Waals surface area contributed by atoms with E-state index in [2.05, 4.69) is 0 Å². The summed E-state index contributed by atoms with van der Waals surface area (Å²) in [7, 11) is 3.09. The van der Waals surface area contributed by atoms with Gasteiger partial charge in [-0.25, -0.2) is 0 Å². The van der Waals surface area contributed by atoms with E-state index in [1.54, 1.807) is 40.1 Å². The van der Waals surface area contributed by atoms with E-state index in [0.29, 0.717) is 22.1 Å². The summed E-state index contributed by atoms with van der Waals surface area (Å²) in [6.45, 7) is 3.33. The van der Waals surface area contributed by atoms with E-state index >= 15 is 0 Å². The maximum atomic E-state index is 13.6. The van der Waals surface area contributed by atoms with Crippen molar-refractivity contribution in [2.75, 3.05) is 14.1 Å². The molecule has 4 rings (SSSR count). The Kier molecular flexibility index (Phi) is 4.69. The molecule has 5 N–H and O–H groups in total. The summed E-state index contributed by atoms with van der Waals surface area (Å²) in [5.74, 6) is -8.34. The van der Waals surface area contributed by atoms with Crippen LogP contribution in [0.4, 0.5) is 0 Å². The molecule has 2 aromatic rings. The molecular weight excluding hydrogens is 416 g/mol. The number of aliphatic hydroxyl groups is 1. The number of benzene rings is 2. The first kappa shape index (κ1) is 21.9. The van der Waals surface area contributed by atoms with Crippen molar-refractivity contribution < 1.29 is 34.5 Å². The van der Waals surface area contributed by atoms with Crippen LogP contribution in [0, 0.1) is 25.7 Å². The van der Waals surface area contributed by atoms with E-state index in [-0.39, 0.29) is 23.1 Å². The number of primary amides is 1. The monoisotopic (exact) mass is 440 g/mol. The van der Waals surface area contributed by atoms with Gasteiger partial charge in [0.15, 0.2) is 23.1 Å². The first-order valence-corrected chi connectivity index (χ1v) is 10.1. The second kappa shape index (κ2) is 6.85. The summed E-state index contributed by atoms with van der Waals surface area (Å²) in [6.07, 6.45) is -0.0760. The molecule has 9 nitrogen and oxygen atoms in total. The Morgan fingerprint density at radius 3 is 2.31 bits per heavy atom. The number of phenols is 2. The smallest absolute Gasteiger partial charge is 0.235 e. The number of Topliss-reactive ketones (excluding diaryl/α,β-unsaturated/α-hetero) is 3. The molecule has 1 fully saturated rings. The summed E-state index contributed by atoms with van der Waals surface area (Å²) in [5, 5.41) is 33.6. The van der Waals surface area contributed by atoms with Crippen molar-refractivity contribution in [1.82, 2.24) is 4.90 Å². The fraction of sp³-hybridized carbons (Fsp3) is 0.391. The van der Waals surface area contributed by atoms with Crippen LogP contribution >= 0.6 is 0 Å². The van der Waals surface area contributed by atoms with E-state index in [1.807, 2.05) is 0 Å². The third-order valence-electron chi connectivity index (χ3n) is 6.98. The van der Waals surface area contributed by atoms with Crippen LogP contribution in [-0.2, 0) is 20.8 Å². The maximum absolute atomic E-state index is 13.6. The van der Waals surface area contributed by atoms with Crippen molar-refractivity contribution in [2.24, 2.45) is 17.6 Å². The highest BCUT2D eigenvalue weighted by Gasteiger charge is 2.66. The van der Waals surface area contributed by atoms with Gasteiger partial charge in [0.1, 0.15) is 11.5 Å². The minimum Gasteiger partial charge on any atom is -0.507 e. The Balaban J connectivity index is 2.07. The lowest BCUT2D eigenvalue weighted by Crippen LogP contribution is -2.71. The van der Waals surface area contributed by atoms with E-state index in [0.717, 1.165) is 0 Å². The highest BCUT2D eigenvalue weighted by molar-refractivity contribution is 6.33. The Morgan fingerprint density at radius 2 is 1.75 bits per heavy atom. The van der Waals surface area contributed by atoms with Crippen LogP contribution in [0.3, 0.4) is 0 Å². The number of phenolic OH excluding ortho intramolecular Hbond substituents is 2. The van der Waals surface area contributed by atoms with Crippen LogP contribution in [0.2, 0.25) is 0 Å². The Hall–Kier alpha value is -3.30. The molecule has 0 spiro atoms. The van der Waals surface area contributed by atoms with Crippen LogP contribution in [0.5, 0.6) is 11.5 Å². The van der Waals surface area contributed by atoms with Crippen LogP contribution in [0.25, 0.3) is 10.8 Å². The molecular formula is C23H24N2O7. The van der Waals surface area contributed by atoms with Gasteiger partial charge in [-0.1, -0.05) is 12.1 Å². The van der Waals surface area contributed by atoms with Gasteiger partial charge < -0.3 is 21.1 Å². The largest absolute Gasteiger partial charge is 0.507 e. The van der Waals surface area contributed by atoms with Gasteiger partial charge in [-0.05, 0) is 56.4 Å². The Morgan fingerprint density at radius 1 is 1.12 bits per heavy atom. The summed E-state index contributed by atoms with van der Waals surface area (Å²) >= 11 is 0. The number of rotatable bonds is 2. The molecule has 0 saturated heterocycles. The number of amides is 1. The Bertz CT molecular complexity index is 1250. The fourth-order valence-corrected chi connectivity index (χ4v) is 5.33. The van der Waals surface area contributed by atoms with E-state index in [4.69, 9.17) is 5.73 Å². The zero-order valence-corrected chi connectivity index (χ0v) is 18.1. The van der Waals surface area contributed by atoms with Crippen LogP contribution in [-0.4, -0.2) is 69.2 Å². The van der Waals surface area contributed by atoms with Gasteiger partial charge in [-0.3, -0.25) is 24.1 Å². The van der Waals surface area contributed by atoms with Crippen molar-refractivity contribution >= 4 is 34.0 Å². The predicted octanol–water partition coefficient (Wildman–Crippen LogP) is 0.137. The number of carbonyl (C=O) groups excluding carboxylic acids is 4. The molecule has 0 bridgehead atoms. The number of hydrogen-bond acceptors (Lipinski definition) is 8. The molecule has 2 aliphatic carbocycles. The average molecular weight is 440 g/mol. The molecule has 1 amide bonds. The predicted molar refractivity (Wildman–Crippen MR) is 113 cm³/mol. The molecule has 0 heterocycles. The lowest BCUT2D eigenvalue weighted by atomic mass is 9.58. The summed E-state index contributed by atoms with van der Waals surface area (Å²) in [6, 6.07) is 2.25. The zero-order valence-electron chi connectivity index (χ0n) is 18.1. The normalized spacial score (nSPS) is 27.6. The number of carbonyl (C=O) groups is 4. The van der Waals surface area contributed by atoms with Crippen molar-refractivity contribution in [1.29, 1.82) is 0 Å². The maximum Gasteiger partial charge on any atom is 0.235 e. The standard InChI is InChI=1S/C23H24N2O7/c1-8-5-6-10-9(2)11-7-12-16(25(3)4)19(28)15(22(24)31)21(30)23(12,32)20(29)14(11)18(27)13(10)17(8)26/h5-6,12,15-16,26-27,32H,7H2,1-4H3,(H2,24,31). The Labute approximate surface area is 183 Å². The molecule has 0 aromatic heterocycles. The topological polar surface area (TPSA) is 158 Å². The first-order chi connectivity index (χ1) is 14.8. The number of fused-ring (bicyclic) bond motifs is 3. The number of aryl methyl sites for hydroxylation is 2. The molecule has 0 radical (unpaired) electrons. The summed E-state index contributed by atoms with van der Waals surface area (Å²) in [4.78, 5) is 53.2. The molecule has 4 unspecified atom stereocenters. The van der Waals surface area contributed by atoms with Gasteiger partial charge in [-0.15, -0.1) is 0 Å². The number of ketones is 3. The highest BCUT2D eigenvalue weighted by atomic mass is 16.3. The molecule has 1 saturated carbocycles. The van der Waals surface area contributed by atoms with Crippen LogP contribution in [0.1, 0.15) is 27.0 Å². The molecule has 0 aliphatic heterocycles. The van der Waals surface area contributed by atoms with Gasteiger partial charge in [0, 0.05) is 5.92 Å². The van der Waals surface area contributed by atoms with Crippen molar-refractivity contribution in [3.63, 3.8) is 0 Å². The van der Waals surface area contributed by atoms with E-state index in [1.165, 1.54) is 4.90 Å². The quantitative estimate of drug-likeness (QED) is 0.480. The van der Waals surface area contributed by atoms with Gasteiger partial charge in [0.05, 0.1) is 17.0 Å². The number of nitrogens with two attached hydrogens (primary N) is 1. The molecule has 9 heteroatoms. The van der Waals surface area contributed by atoms with Crippen molar-refractivity contribution in [2.45, 2.75) is 31.9 Å². The summed E-state index contributed by atoms with van der Waals surface area (Å²) in [5.41, 5.74) is 3.69. The third kappa shape index (κ3) is 2.52. The van der Waals surface area contributed by atoms with Crippen LogP contribution in [0.15, 0.2) is 12.1 Å². The number of likely N-dealkylation sites (N-methyl/N-ethyl adjacent to an activating group) is 1. The van der Waals surface area contributed by atoms with E-state index < -0.39 is 52.5 Å². The number of aromatic hydroxyl groups is 2. The number of nitrogens with zero attached hydrogens (tertiary/aromatic N) is 1. The van der Waals surface area contributed by atoms with Gasteiger partial charge in [-0.2, -0.15) is 0 Å². The molecule has 2 aromatic carbocycles. The highest BCUT2D eigenvalue weighted by Crippen LogP contribution is 2.50. The second-order valence-corrected chi connectivity index (χ2v) is 8.90. The molecule has 4 atom stereocenters. The first-order valence-electron chi connectivity index (χ1n) is 10.1. The van der Waals surface area contributed by atoms with E-state index in [9.17, 15) is 34.5 Å². The van der Waals surface area contributed by atoms with Gasteiger partial charge in [0.2, 0.25) is 11.7 Å². The molecule has 168 valence electrons. The number of hydrogen-bond donors (Lipinski definition) is 4. The summed E-state index contributed by atoms with van der Waals surface area (Å²) < 4.78 is 0. The third-order valence-corrected chi connectivity index (χ3v) is 6.98. The van der Waals surface area contributed by atoms with Gasteiger partial charge in [0.25, 0.3) is 0 Å². The average Bonchev–Trinajstić information content (AvgIpc) is 2.70. The minimum atomic E-state index is -2.73. The fourth-order valence-electron chi connectivity index (χ4n) is 5.33.